The molecule has 0 bridgehead atoms. The average molecular weight is 420 g/mol. The van der Waals surface area contributed by atoms with E-state index in [1.54, 1.807) is 48.5 Å². The highest BCUT2D eigenvalue weighted by atomic mass is 16.2. The number of H-pyrrole nitrogens is 1. The summed E-state index contributed by atoms with van der Waals surface area (Å²) in [6.07, 6.45) is 0. The molecule has 4 amide bonds. The number of amides is 4. The lowest BCUT2D eigenvalue weighted by atomic mass is 10.2. The van der Waals surface area contributed by atoms with Crippen LogP contribution < -0.4 is 10.5 Å². The highest BCUT2D eigenvalue weighted by Crippen LogP contribution is 2.15. The van der Waals surface area contributed by atoms with Crippen LogP contribution in [0.3, 0.4) is 0 Å². The van der Waals surface area contributed by atoms with Gasteiger partial charge in [-0.05, 0) is 24.6 Å². The SMILES string of the molecule is CC[NH+](Cc1nc2ccccc2c(=O)[nH]1)CN1C(=O)C(=O)N(Cc2ccccc2)C1=O. The molecule has 3 aromatic rings. The van der Waals surface area contributed by atoms with Crippen molar-refractivity contribution in [1.82, 2.24) is 19.8 Å². The zero-order valence-electron chi connectivity index (χ0n) is 17.0. The van der Waals surface area contributed by atoms with Crippen LogP contribution in [0.5, 0.6) is 0 Å². The molecule has 1 aromatic heterocycles. The van der Waals surface area contributed by atoms with Gasteiger partial charge in [-0.1, -0.05) is 42.5 Å². The number of aromatic amines is 1. The number of urea groups is 1. The van der Waals surface area contributed by atoms with Crippen molar-refractivity contribution in [3.05, 3.63) is 76.3 Å². The first-order valence-electron chi connectivity index (χ1n) is 10.0. The fraction of sp³-hybridized carbons (Fsp3) is 0.227. The van der Waals surface area contributed by atoms with Crippen LogP contribution in [0.4, 0.5) is 4.79 Å². The lowest BCUT2D eigenvalue weighted by molar-refractivity contribution is -0.919. The first-order valence-corrected chi connectivity index (χ1v) is 10.0. The first kappa shape index (κ1) is 20.4. The Morgan fingerprint density at radius 1 is 0.903 bits per heavy atom. The summed E-state index contributed by atoms with van der Waals surface area (Å²) in [6.45, 7) is 2.79. The summed E-state index contributed by atoms with van der Waals surface area (Å²) in [4.78, 5) is 59.9. The lowest BCUT2D eigenvalue weighted by Gasteiger charge is -2.22. The molecule has 9 nitrogen and oxygen atoms in total. The smallest absolute Gasteiger partial charge is 0.311 e. The fourth-order valence-electron chi connectivity index (χ4n) is 3.57. The van der Waals surface area contributed by atoms with E-state index in [2.05, 4.69) is 9.97 Å². The van der Waals surface area contributed by atoms with Gasteiger partial charge in [-0.3, -0.25) is 19.3 Å². The number of imide groups is 2. The van der Waals surface area contributed by atoms with E-state index in [-0.39, 0.29) is 18.8 Å². The molecule has 2 heterocycles. The van der Waals surface area contributed by atoms with Crippen molar-refractivity contribution < 1.29 is 19.3 Å². The molecule has 0 aliphatic carbocycles. The molecule has 4 rings (SSSR count). The highest BCUT2D eigenvalue weighted by Gasteiger charge is 2.46. The monoisotopic (exact) mass is 420 g/mol. The summed E-state index contributed by atoms with van der Waals surface area (Å²) >= 11 is 0. The summed E-state index contributed by atoms with van der Waals surface area (Å²) in [5.74, 6) is -1.22. The Morgan fingerprint density at radius 2 is 1.58 bits per heavy atom. The number of quaternary nitrogens is 1. The number of rotatable bonds is 7. The molecule has 1 aliphatic rings. The summed E-state index contributed by atoms with van der Waals surface area (Å²) in [5.41, 5.74) is 1.10. The molecule has 2 aromatic carbocycles. The molecular formula is C22H22N5O4+. The van der Waals surface area contributed by atoms with Crippen molar-refractivity contribution in [3.8, 4) is 0 Å². The number of nitrogens with zero attached hydrogens (tertiary/aromatic N) is 3. The van der Waals surface area contributed by atoms with Gasteiger partial charge in [-0.15, -0.1) is 0 Å². The number of benzene rings is 2. The molecule has 0 radical (unpaired) electrons. The van der Waals surface area contributed by atoms with Crippen LogP contribution in [0.25, 0.3) is 10.9 Å². The Hall–Kier alpha value is -3.85. The third-order valence-electron chi connectivity index (χ3n) is 5.28. The van der Waals surface area contributed by atoms with E-state index in [4.69, 9.17) is 0 Å². The van der Waals surface area contributed by atoms with Gasteiger partial charge in [0.2, 0.25) is 0 Å². The minimum atomic E-state index is -0.841. The highest BCUT2D eigenvalue weighted by molar-refractivity contribution is 6.44. The molecule has 1 unspecified atom stereocenters. The maximum absolute atomic E-state index is 12.8. The standard InChI is InChI=1S/C22H21N5O4/c1-2-25(13-18-23-17-11-7-6-10-16(17)19(28)24-18)14-27-21(30)20(29)26(22(27)31)12-15-8-4-3-5-9-15/h3-11H,2,12-14H2,1H3,(H,23,24,28)/p+1. The Bertz CT molecular complexity index is 1210. The number of nitrogens with one attached hydrogen (secondary N) is 2. The van der Waals surface area contributed by atoms with E-state index in [1.165, 1.54) is 0 Å². The van der Waals surface area contributed by atoms with Gasteiger partial charge in [0, 0.05) is 0 Å². The topological polar surface area (TPSA) is 108 Å². The Balaban J connectivity index is 1.50. The number of carbonyl (C=O) groups is 3. The minimum Gasteiger partial charge on any atom is -0.311 e. The molecule has 158 valence electrons. The van der Waals surface area contributed by atoms with Crippen LogP contribution in [0.15, 0.2) is 59.4 Å². The second-order valence-corrected chi connectivity index (χ2v) is 7.36. The number of carbonyl (C=O) groups excluding carboxylic acids is 3. The molecule has 1 atom stereocenters. The van der Waals surface area contributed by atoms with E-state index < -0.39 is 17.8 Å². The van der Waals surface area contributed by atoms with Crippen LogP contribution in [-0.2, 0) is 22.7 Å². The van der Waals surface area contributed by atoms with Crippen LogP contribution in [0.2, 0.25) is 0 Å². The van der Waals surface area contributed by atoms with E-state index in [1.807, 2.05) is 13.0 Å². The van der Waals surface area contributed by atoms with Crippen LogP contribution in [-0.4, -0.2) is 50.8 Å². The zero-order chi connectivity index (χ0) is 22.0. The number of fused-ring (bicyclic) bond motifs is 1. The lowest BCUT2D eigenvalue weighted by Crippen LogP contribution is -3.12. The van der Waals surface area contributed by atoms with Crippen molar-refractivity contribution >= 4 is 28.7 Å². The van der Waals surface area contributed by atoms with Crippen LogP contribution in [0.1, 0.15) is 18.3 Å². The van der Waals surface area contributed by atoms with Crippen molar-refractivity contribution in [2.45, 2.75) is 20.0 Å². The number of hydrogen-bond acceptors (Lipinski definition) is 5. The second kappa shape index (κ2) is 8.49. The van der Waals surface area contributed by atoms with Gasteiger partial charge >= 0.3 is 17.8 Å². The molecule has 31 heavy (non-hydrogen) atoms. The van der Waals surface area contributed by atoms with Gasteiger partial charge in [0.15, 0.2) is 12.5 Å². The van der Waals surface area contributed by atoms with Gasteiger partial charge in [0.05, 0.1) is 24.0 Å². The van der Waals surface area contributed by atoms with E-state index in [0.29, 0.717) is 29.8 Å². The van der Waals surface area contributed by atoms with Crippen molar-refractivity contribution in [1.29, 1.82) is 0 Å². The van der Waals surface area contributed by atoms with Gasteiger partial charge < -0.3 is 9.88 Å². The van der Waals surface area contributed by atoms with Gasteiger partial charge in [-0.2, -0.15) is 0 Å². The predicted octanol–water partition coefficient (Wildman–Crippen LogP) is 0.276. The van der Waals surface area contributed by atoms with Crippen LogP contribution >= 0.6 is 0 Å². The largest absolute Gasteiger partial charge is 0.339 e. The summed E-state index contributed by atoms with van der Waals surface area (Å²) in [6, 6.07) is 15.4. The molecular weight excluding hydrogens is 398 g/mol. The molecule has 1 aliphatic heterocycles. The van der Waals surface area contributed by atoms with Crippen LogP contribution in [0, 0.1) is 0 Å². The summed E-state index contributed by atoms with van der Waals surface area (Å²) in [5, 5.41) is 0.497. The minimum absolute atomic E-state index is 0.00172. The summed E-state index contributed by atoms with van der Waals surface area (Å²) in [7, 11) is 0. The molecule has 0 saturated carbocycles. The fourth-order valence-corrected chi connectivity index (χ4v) is 3.57. The zero-order valence-corrected chi connectivity index (χ0v) is 17.0. The summed E-state index contributed by atoms with van der Waals surface area (Å²) < 4.78 is 0. The van der Waals surface area contributed by atoms with Gasteiger partial charge in [0.25, 0.3) is 5.56 Å². The Labute approximate surface area is 177 Å². The number of aromatic nitrogens is 2. The third kappa shape index (κ3) is 4.08. The van der Waals surface area contributed by atoms with Gasteiger partial charge in [0.1, 0.15) is 6.54 Å². The van der Waals surface area contributed by atoms with Crippen molar-refractivity contribution in [2.24, 2.45) is 0 Å². The molecule has 0 spiro atoms. The molecule has 1 fully saturated rings. The quantitative estimate of drug-likeness (QED) is 0.422. The van der Waals surface area contributed by atoms with E-state index in [0.717, 1.165) is 20.3 Å². The maximum atomic E-state index is 12.8. The normalized spacial score (nSPS) is 15.2. The predicted molar refractivity (Wildman–Crippen MR) is 112 cm³/mol. The molecule has 9 heteroatoms. The molecule has 2 N–H and O–H groups in total. The van der Waals surface area contributed by atoms with E-state index in [9.17, 15) is 19.2 Å². The third-order valence-corrected chi connectivity index (χ3v) is 5.28. The Kier molecular flexibility index (Phi) is 5.59. The Morgan fingerprint density at radius 3 is 2.32 bits per heavy atom. The van der Waals surface area contributed by atoms with Crippen molar-refractivity contribution in [2.75, 3.05) is 13.2 Å². The van der Waals surface area contributed by atoms with Gasteiger partial charge in [-0.25, -0.2) is 14.7 Å². The number of para-hydroxylation sites is 1. The van der Waals surface area contributed by atoms with E-state index >= 15 is 0 Å². The average Bonchev–Trinajstić information content (AvgIpc) is 2.97. The van der Waals surface area contributed by atoms with Crippen molar-refractivity contribution in [3.63, 3.8) is 0 Å². The molecule has 1 saturated heterocycles. The first-order chi connectivity index (χ1) is 15.0. The second-order valence-electron chi connectivity index (χ2n) is 7.36. The number of hydrogen-bond donors (Lipinski definition) is 2. The maximum Gasteiger partial charge on any atom is 0.339 e.